The highest BCUT2D eigenvalue weighted by atomic mass is 17.0. The van der Waals surface area contributed by atoms with Gasteiger partial charge in [-0.3, -0.25) is 19.2 Å². The number of hydroxylamine groups is 2. The summed E-state index contributed by atoms with van der Waals surface area (Å²) in [7, 11) is 0. The summed E-state index contributed by atoms with van der Waals surface area (Å²) in [5, 5.41) is 0.231. The van der Waals surface area contributed by atoms with Gasteiger partial charge in [0.2, 0.25) is 6.10 Å². The smallest absolute Gasteiger partial charge is 0.372 e. The van der Waals surface area contributed by atoms with E-state index < -0.39 is 54.4 Å². The number of hydrogen-bond acceptors (Lipinski definition) is 8. The number of amides is 1. The highest BCUT2D eigenvalue weighted by Crippen LogP contribution is 2.32. The van der Waals surface area contributed by atoms with E-state index in [9.17, 15) is 19.2 Å². The molecule has 0 radical (unpaired) electrons. The lowest BCUT2D eigenvalue weighted by molar-refractivity contribution is -0.305. The van der Waals surface area contributed by atoms with Crippen molar-refractivity contribution in [3.8, 4) is 0 Å². The third-order valence-corrected chi connectivity index (χ3v) is 5.40. The molecule has 34 heavy (non-hydrogen) atoms. The van der Waals surface area contributed by atoms with Crippen LogP contribution < -0.4 is 0 Å². The zero-order valence-electron chi connectivity index (χ0n) is 17.9. The van der Waals surface area contributed by atoms with Gasteiger partial charge < -0.3 is 14.3 Å². The van der Waals surface area contributed by atoms with Crippen LogP contribution in [-0.2, 0) is 38.3 Å². The maximum Gasteiger partial charge on any atom is 0.372 e. The van der Waals surface area contributed by atoms with Crippen LogP contribution in [0.3, 0.4) is 0 Å². The number of nitrogens with zero attached hydrogens (tertiary/aromatic N) is 2. The fraction of sp³-hybridized carbons (Fsp3) is 0.292. The van der Waals surface area contributed by atoms with Crippen LogP contribution in [0.15, 0.2) is 60.7 Å². The predicted octanol–water partition coefficient (Wildman–Crippen LogP) is 1.96. The highest BCUT2D eigenvalue weighted by molar-refractivity contribution is 6.03. The lowest BCUT2D eigenvalue weighted by Gasteiger charge is -2.20. The van der Waals surface area contributed by atoms with Crippen molar-refractivity contribution in [2.24, 2.45) is 0 Å². The standard InChI is InChI=1S/C24H20N2O8/c1-25-24(15-32-26(23(24)30)34-22(29)21-18(27)12-13-31-21)14-19(28)33-20(16-8-4-2-5-9-16)17-10-6-3-7-11-17/h2-11,20-21H,12-15H2. The van der Waals surface area contributed by atoms with Gasteiger partial charge in [-0.2, -0.15) is 0 Å². The fourth-order valence-electron chi connectivity index (χ4n) is 3.60. The molecule has 2 unspecified atom stereocenters. The van der Waals surface area contributed by atoms with Crippen LogP contribution in [0.5, 0.6) is 0 Å². The topological polar surface area (TPSA) is 113 Å². The molecule has 174 valence electrons. The lowest BCUT2D eigenvalue weighted by Crippen LogP contribution is -2.43. The van der Waals surface area contributed by atoms with E-state index >= 15 is 0 Å². The summed E-state index contributed by atoms with van der Waals surface area (Å²) in [6.07, 6.45) is -2.79. The Balaban J connectivity index is 1.46. The second kappa shape index (κ2) is 9.82. The van der Waals surface area contributed by atoms with Gasteiger partial charge in [0.1, 0.15) is 6.42 Å². The van der Waals surface area contributed by atoms with Gasteiger partial charge in [0, 0.05) is 6.42 Å². The molecule has 1 amide bonds. The summed E-state index contributed by atoms with van der Waals surface area (Å²) in [5.74, 6) is -3.47. The second-order valence-corrected chi connectivity index (χ2v) is 7.72. The molecule has 2 aromatic carbocycles. The van der Waals surface area contributed by atoms with Gasteiger partial charge in [0.05, 0.1) is 6.61 Å². The number of ether oxygens (including phenoxy) is 2. The first-order valence-corrected chi connectivity index (χ1v) is 10.4. The van der Waals surface area contributed by atoms with Gasteiger partial charge in [0.25, 0.3) is 0 Å². The normalized spacial score (nSPS) is 22.0. The molecule has 2 heterocycles. The Morgan fingerprint density at radius 2 is 1.71 bits per heavy atom. The van der Waals surface area contributed by atoms with Gasteiger partial charge >= 0.3 is 23.4 Å². The summed E-state index contributed by atoms with van der Waals surface area (Å²) in [5.41, 5.74) is -0.551. The minimum absolute atomic E-state index is 0.0520. The Hall–Kier alpha value is -4.07. The number of benzene rings is 2. The van der Waals surface area contributed by atoms with E-state index in [4.69, 9.17) is 25.7 Å². The number of ketones is 1. The first-order valence-electron chi connectivity index (χ1n) is 10.4. The Morgan fingerprint density at radius 3 is 2.24 bits per heavy atom. The van der Waals surface area contributed by atoms with Crippen LogP contribution in [0.4, 0.5) is 0 Å². The van der Waals surface area contributed by atoms with Crippen LogP contribution in [0, 0.1) is 6.57 Å². The van der Waals surface area contributed by atoms with E-state index in [1.165, 1.54) is 0 Å². The maximum atomic E-state index is 12.9. The first kappa shape index (κ1) is 23.1. The van der Waals surface area contributed by atoms with Crippen molar-refractivity contribution in [3.63, 3.8) is 0 Å². The van der Waals surface area contributed by atoms with Crippen molar-refractivity contribution in [1.29, 1.82) is 0 Å². The molecule has 2 fully saturated rings. The largest absolute Gasteiger partial charge is 0.452 e. The van der Waals surface area contributed by atoms with Gasteiger partial charge in [-0.1, -0.05) is 60.7 Å². The van der Waals surface area contributed by atoms with E-state index in [1.807, 2.05) is 12.1 Å². The Labute approximate surface area is 194 Å². The number of Topliss-reactive ketones (excluding diaryl/α,β-unsaturated/α-hetero) is 1. The van der Waals surface area contributed by atoms with Crippen molar-refractivity contribution >= 4 is 23.6 Å². The molecule has 0 aromatic heterocycles. The predicted molar refractivity (Wildman–Crippen MR) is 113 cm³/mol. The fourth-order valence-corrected chi connectivity index (χ4v) is 3.60. The molecule has 0 N–H and O–H groups in total. The molecule has 0 spiro atoms. The SMILES string of the molecule is [C-]#[N+]C1(CC(=O)OC(c2ccccc2)c2ccccc2)CON(OC(=O)C2OCCC2=O)C1=O. The van der Waals surface area contributed by atoms with Crippen LogP contribution in [-0.4, -0.2) is 53.7 Å². The van der Waals surface area contributed by atoms with Crippen molar-refractivity contribution < 1.29 is 38.3 Å². The van der Waals surface area contributed by atoms with Gasteiger partial charge in [-0.25, -0.2) is 16.2 Å². The van der Waals surface area contributed by atoms with E-state index in [2.05, 4.69) is 4.85 Å². The third-order valence-electron chi connectivity index (χ3n) is 5.40. The molecule has 2 saturated heterocycles. The molecule has 2 aliphatic rings. The van der Waals surface area contributed by atoms with Crippen LogP contribution in [0.2, 0.25) is 0 Å². The minimum Gasteiger partial charge on any atom is -0.452 e. The lowest BCUT2D eigenvalue weighted by atomic mass is 9.97. The zero-order chi connectivity index (χ0) is 24.1. The Kier molecular flexibility index (Phi) is 6.67. The summed E-state index contributed by atoms with van der Waals surface area (Å²) >= 11 is 0. The molecule has 10 nitrogen and oxygen atoms in total. The average Bonchev–Trinajstić information content (AvgIpc) is 3.42. The van der Waals surface area contributed by atoms with Crippen LogP contribution in [0.1, 0.15) is 30.1 Å². The third kappa shape index (κ3) is 4.66. The monoisotopic (exact) mass is 464 g/mol. The summed E-state index contributed by atoms with van der Waals surface area (Å²) in [6.45, 7) is 7.06. The molecule has 0 saturated carbocycles. The molecular formula is C24H20N2O8. The number of hydrogen-bond donors (Lipinski definition) is 0. The quantitative estimate of drug-likeness (QED) is 0.347. The molecule has 2 atom stereocenters. The first-order chi connectivity index (χ1) is 16.4. The van der Waals surface area contributed by atoms with Crippen LogP contribution >= 0.6 is 0 Å². The highest BCUT2D eigenvalue weighted by Gasteiger charge is 2.59. The summed E-state index contributed by atoms with van der Waals surface area (Å²) in [4.78, 5) is 62.7. The van der Waals surface area contributed by atoms with Gasteiger partial charge in [-0.15, -0.1) is 0 Å². The van der Waals surface area contributed by atoms with E-state index in [0.29, 0.717) is 11.1 Å². The molecular weight excluding hydrogens is 444 g/mol. The van der Waals surface area contributed by atoms with Crippen molar-refractivity contribution in [2.75, 3.05) is 13.2 Å². The van der Waals surface area contributed by atoms with Crippen molar-refractivity contribution in [2.45, 2.75) is 30.6 Å². The van der Waals surface area contributed by atoms with Crippen LogP contribution in [0.25, 0.3) is 4.85 Å². The second-order valence-electron chi connectivity index (χ2n) is 7.72. The van der Waals surface area contributed by atoms with E-state index in [1.54, 1.807) is 48.5 Å². The van der Waals surface area contributed by atoms with E-state index in [-0.39, 0.29) is 18.3 Å². The van der Waals surface area contributed by atoms with Crippen molar-refractivity contribution in [1.82, 2.24) is 5.23 Å². The van der Waals surface area contributed by atoms with Gasteiger partial charge in [0.15, 0.2) is 18.5 Å². The van der Waals surface area contributed by atoms with E-state index in [0.717, 1.165) is 0 Å². The number of esters is 1. The molecule has 10 heteroatoms. The summed E-state index contributed by atoms with van der Waals surface area (Å²) < 4.78 is 10.7. The Morgan fingerprint density at radius 1 is 1.09 bits per heavy atom. The molecule has 0 aliphatic carbocycles. The number of carbonyl (C=O) groups is 4. The van der Waals surface area contributed by atoms with Gasteiger partial charge in [-0.05, 0) is 16.4 Å². The number of rotatable bonds is 7. The molecule has 2 aromatic rings. The molecule has 0 bridgehead atoms. The number of carbonyl (C=O) groups excluding carboxylic acids is 4. The molecule has 4 rings (SSSR count). The maximum absolute atomic E-state index is 12.9. The Bertz CT molecular complexity index is 1090. The minimum atomic E-state index is -1.98. The molecule has 2 aliphatic heterocycles. The average molecular weight is 464 g/mol. The summed E-state index contributed by atoms with van der Waals surface area (Å²) in [6, 6.07) is 18.1. The zero-order valence-corrected chi connectivity index (χ0v) is 17.9. The van der Waals surface area contributed by atoms with Crippen molar-refractivity contribution in [3.05, 3.63) is 83.2 Å².